The number of aliphatic hydroxyl groups is 1. The van der Waals surface area contributed by atoms with Gasteiger partial charge in [-0.15, -0.1) is 0 Å². The van der Waals surface area contributed by atoms with Gasteiger partial charge in [-0.05, 0) is 18.4 Å². The van der Waals surface area contributed by atoms with Gasteiger partial charge in [-0.1, -0.05) is 19.9 Å². The Bertz CT molecular complexity index is 353. The van der Waals surface area contributed by atoms with Gasteiger partial charge in [-0.25, -0.2) is 8.78 Å². The zero-order valence-corrected chi connectivity index (χ0v) is 10.1. The number of halogens is 2. The molecule has 96 valence electrons. The van der Waals surface area contributed by atoms with Crippen LogP contribution >= 0.6 is 0 Å². The minimum absolute atomic E-state index is 0.0429. The van der Waals surface area contributed by atoms with Crippen LogP contribution in [0.1, 0.15) is 25.8 Å². The number of ether oxygens (including phenoxy) is 1. The van der Waals surface area contributed by atoms with Gasteiger partial charge in [-0.2, -0.15) is 0 Å². The molecule has 1 rings (SSSR count). The van der Waals surface area contributed by atoms with Gasteiger partial charge >= 0.3 is 0 Å². The zero-order valence-electron chi connectivity index (χ0n) is 10.1. The third-order valence-corrected chi connectivity index (χ3v) is 2.33. The molecule has 0 amide bonds. The number of hydrogen-bond donors (Lipinski definition) is 1. The number of aliphatic hydroxyl groups excluding tert-OH is 1. The quantitative estimate of drug-likeness (QED) is 0.833. The van der Waals surface area contributed by atoms with Crippen LogP contribution in [0.3, 0.4) is 0 Å². The molecule has 0 aliphatic carbocycles. The summed E-state index contributed by atoms with van der Waals surface area (Å²) in [7, 11) is 0. The van der Waals surface area contributed by atoms with Crippen molar-refractivity contribution in [3.05, 3.63) is 35.4 Å². The standard InChI is InChI=1S/C13H18F2O2/c1-9(2)5-12(16)8-17-7-10-3-4-11(14)6-13(10)15/h3-4,6,9,12,16H,5,7-8H2,1-2H3. The Morgan fingerprint density at radius 3 is 2.59 bits per heavy atom. The van der Waals surface area contributed by atoms with Crippen LogP contribution in [0, 0.1) is 17.6 Å². The molecule has 0 bridgehead atoms. The zero-order chi connectivity index (χ0) is 12.8. The van der Waals surface area contributed by atoms with Gasteiger partial charge in [0.2, 0.25) is 0 Å². The SMILES string of the molecule is CC(C)CC(O)COCc1ccc(F)cc1F. The lowest BCUT2D eigenvalue weighted by Gasteiger charge is -2.13. The molecule has 2 nitrogen and oxygen atoms in total. The lowest BCUT2D eigenvalue weighted by Crippen LogP contribution is -2.17. The van der Waals surface area contributed by atoms with E-state index in [2.05, 4.69) is 0 Å². The van der Waals surface area contributed by atoms with Gasteiger partial charge in [-0.3, -0.25) is 0 Å². The first-order valence-electron chi connectivity index (χ1n) is 5.68. The van der Waals surface area contributed by atoms with E-state index in [0.717, 1.165) is 6.07 Å². The molecule has 1 aromatic rings. The highest BCUT2D eigenvalue weighted by molar-refractivity contribution is 5.17. The van der Waals surface area contributed by atoms with Crippen molar-refractivity contribution in [2.24, 2.45) is 5.92 Å². The predicted octanol–water partition coefficient (Wildman–Crippen LogP) is 2.89. The van der Waals surface area contributed by atoms with Crippen molar-refractivity contribution < 1.29 is 18.6 Å². The molecule has 0 spiro atoms. The summed E-state index contributed by atoms with van der Waals surface area (Å²) in [6.07, 6.45) is 0.102. The van der Waals surface area contributed by atoms with Gasteiger partial charge in [0.15, 0.2) is 0 Å². The van der Waals surface area contributed by atoms with Crippen molar-refractivity contribution in [1.29, 1.82) is 0 Å². The summed E-state index contributed by atoms with van der Waals surface area (Å²) in [4.78, 5) is 0. The van der Waals surface area contributed by atoms with E-state index in [-0.39, 0.29) is 13.2 Å². The molecular formula is C13H18F2O2. The Kier molecular flexibility index (Phi) is 5.51. The molecule has 0 saturated heterocycles. The van der Waals surface area contributed by atoms with E-state index in [1.807, 2.05) is 13.8 Å². The molecule has 1 N–H and O–H groups in total. The minimum Gasteiger partial charge on any atom is -0.391 e. The van der Waals surface area contributed by atoms with E-state index in [9.17, 15) is 13.9 Å². The van der Waals surface area contributed by atoms with E-state index in [1.165, 1.54) is 12.1 Å². The highest BCUT2D eigenvalue weighted by atomic mass is 19.1. The Morgan fingerprint density at radius 2 is 2.00 bits per heavy atom. The van der Waals surface area contributed by atoms with Crippen LogP contribution in [-0.4, -0.2) is 17.8 Å². The maximum Gasteiger partial charge on any atom is 0.131 e. The molecule has 17 heavy (non-hydrogen) atoms. The molecule has 1 atom stereocenters. The lowest BCUT2D eigenvalue weighted by atomic mass is 10.1. The smallest absolute Gasteiger partial charge is 0.131 e. The number of rotatable bonds is 6. The molecule has 0 radical (unpaired) electrons. The first kappa shape index (κ1) is 14.1. The molecular weight excluding hydrogens is 226 g/mol. The van der Waals surface area contributed by atoms with Crippen molar-refractivity contribution in [1.82, 2.24) is 0 Å². The summed E-state index contributed by atoms with van der Waals surface area (Å²) in [5, 5.41) is 9.53. The first-order valence-corrected chi connectivity index (χ1v) is 5.68. The van der Waals surface area contributed by atoms with Crippen LogP contribution in [0.2, 0.25) is 0 Å². The maximum absolute atomic E-state index is 13.2. The summed E-state index contributed by atoms with van der Waals surface area (Å²) in [5.41, 5.74) is 0.295. The molecule has 0 saturated carbocycles. The minimum atomic E-state index is -0.622. The summed E-state index contributed by atoms with van der Waals surface area (Å²) in [5.74, 6) is -0.842. The van der Waals surface area contributed by atoms with Crippen molar-refractivity contribution in [2.75, 3.05) is 6.61 Å². The molecule has 1 unspecified atom stereocenters. The predicted molar refractivity (Wildman–Crippen MR) is 61.5 cm³/mol. The second-order valence-corrected chi connectivity index (χ2v) is 4.53. The van der Waals surface area contributed by atoms with Gasteiger partial charge in [0, 0.05) is 11.6 Å². The second-order valence-electron chi connectivity index (χ2n) is 4.53. The highest BCUT2D eigenvalue weighted by Crippen LogP contribution is 2.11. The van der Waals surface area contributed by atoms with E-state index in [1.54, 1.807) is 0 Å². The van der Waals surface area contributed by atoms with E-state index in [0.29, 0.717) is 17.9 Å². The number of benzene rings is 1. The van der Waals surface area contributed by atoms with Crippen molar-refractivity contribution >= 4 is 0 Å². The van der Waals surface area contributed by atoms with Crippen molar-refractivity contribution in [3.8, 4) is 0 Å². The van der Waals surface area contributed by atoms with Crippen LogP contribution in [0.4, 0.5) is 8.78 Å². The average molecular weight is 244 g/mol. The molecule has 0 heterocycles. The van der Waals surface area contributed by atoms with E-state index in [4.69, 9.17) is 4.74 Å². The largest absolute Gasteiger partial charge is 0.391 e. The topological polar surface area (TPSA) is 29.5 Å². The fourth-order valence-electron chi connectivity index (χ4n) is 1.56. The summed E-state index contributed by atoms with van der Waals surface area (Å²) in [6, 6.07) is 3.36. The summed E-state index contributed by atoms with van der Waals surface area (Å²) < 4.78 is 31.0. The average Bonchev–Trinajstić information content (AvgIpc) is 2.20. The van der Waals surface area contributed by atoms with Crippen LogP contribution in [0.15, 0.2) is 18.2 Å². The van der Waals surface area contributed by atoms with Crippen LogP contribution in [0.25, 0.3) is 0 Å². The fourth-order valence-corrected chi connectivity index (χ4v) is 1.56. The molecule has 4 heteroatoms. The maximum atomic E-state index is 13.2. The lowest BCUT2D eigenvalue weighted by molar-refractivity contribution is 0.0179. The van der Waals surface area contributed by atoms with E-state index < -0.39 is 17.7 Å². The summed E-state index contributed by atoms with van der Waals surface area (Å²) in [6.45, 7) is 4.21. The molecule has 0 fully saturated rings. The Labute approximate surface area is 100 Å². The Balaban J connectivity index is 2.35. The molecule has 1 aromatic carbocycles. The van der Waals surface area contributed by atoms with Crippen LogP contribution < -0.4 is 0 Å². The Hall–Kier alpha value is -1.00. The van der Waals surface area contributed by atoms with Crippen molar-refractivity contribution in [3.63, 3.8) is 0 Å². The van der Waals surface area contributed by atoms with Gasteiger partial charge in [0.25, 0.3) is 0 Å². The monoisotopic (exact) mass is 244 g/mol. The number of hydrogen-bond acceptors (Lipinski definition) is 2. The van der Waals surface area contributed by atoms with E-state index >= 15 is 0 Å². The third kappa shape index (κ3) is 5.24. The molecule has 0 aromatic heterocycles. The fraction of sp³-hybridized carbons (Fsp3) is 0.538. The highest BCUT2D eigenvalue weighted by Gasteiger charge is 2.08. The van der Waals surface area contributed by atoms with Gasteiger partial charge in [0.05, 0.1) is 19.3 Å². The van der Waals surface area contributed by atoms with Crippen LogP contribution in [-0.2, 0) is 11.3 Å². The summed E-state index contributed by atoms with van der Waals surface area (Å²) >= 11 is 0. The van der Waals surface area contributed by atoms with Crippen LogP contribution in [0.5, 0.6) is 0 Å². The van der Waals surface area contributed by atoms with Gasteiger partial charge < -0.3 is 9.84 Å². The van der Waals surface area contributed by atoms with Crippen molar-refractivity contribution in [2.45, 2.75) is 33.0 Å². The normalized spacial score (nSPS) is 13.1. The second kappa shape index (κ2) is 6.67. The molecule has 0 aliphatic heterocycles. The molecule has 0 aliphatic rings. The first-order chi connectivity index (χ1) is 7.99. The Morgan fingerprint density at radius 1 is 1.29 bits per heavy atom. The third-order valence-electron chi connectivity index (χ3n) is 2.33. The van der Waals surface area contributed by atoms with Gasteiger partial charge in [0.1, 0.15) is 11.6 Å².